The molecule has 1 amide bonds. The number of carbonyl (C=O) groups excluding carboxylic acids is 1. The van der Waals surface area contributed by atoms with Gasteiger partial charge in [-0.1, -0.05) is 11.6 Å². The Hall–Kier alpha value is -2.08. The second-order valence-electron chi connectivity index (χ2n) is 5.66. The van der Waals surface area contributed by atoms with Crippen molar-refractivity contribution in [1.82, 2.24) is 10.3 Å². The number of rotatable bonds is 4. The molecule has 7 heteroatoms. The highest BCUT2D eigenvalue weighted by Gasteiger charge is 2.41. The molecule has 1 aliphatic carbocycles. The first-order valence-electron chi connectivity index (χ1n) is 6.91. The van der Waals surface area contributed by atoms with E-state index in [1.807, 2.05) is 0 Å². The molecule has 0 saturated heterocycles. The molecule has 1 aliphatic rings. The van der Waals surface area contributed by atoms with Gasteiger partial charge in [0.25, 0.3) is 5.91 Å². The number of aliphatic carboxylic acids is 1. The summed E-state index contributed by atoms with van der Waals surface area (Å²) in [6, 6.07) is 4.03. The van der Waals surface area contributed by atoms with Crippen LogP contribution in [0.2, 0.25) is 5.02 Å². The number of carboxylic acid groups (broad SMARTS) is 1. The lowest BCUT2D eigenvalue weighted by molar-refractivity contribution is -0.139. The van der Waals surface area contributed by atoms with Crippen LogP contribution in [-0.2, 0) is 4.79 Å². The number of amides is 1. The van der Waals surface area contributed by atoms with Crippen LogP contribution in [0, 0.1) is 5.82 Å². The van der Waals surface area contributed by atoms with Crippen molar-refractivity contribution in [2.45, 2.75) is 31.2 Å². The first-order valence-corrected chi connectivity index (χ1v) is 7.29. The predicted molar refractivity (Wildman–Crippen MR) is 79.6 cm³/mol. The summed E-state index contributed by atoms with van der Waals surface area (Å²) in [5.74, 6) is -1.87. The zero-order chi connectivity index (χ0) is 15.9. The number of aromatic nitrogens is 1. The van der Waals surface area contributed by atoms with E-state index in [1.165, 1.54) is 18.2 Å². The largest absolute Gasteiger partial charge is 0.481 e. The molecule has 0 aliphatic heterocycles. The summed E-state index contributed by atoms with van der Waals surface area (Å²) in [6.07, 6.45) is 2.00. The smallest absolute Gasteiger partial charge is 0.305 e. The number of H-pyrrole nitrogens is 1. The lowest BCUT2D eigenvalue weighted by Crippen LogP contribution is -2.54. The minimum Gasteiger partial charge on any atom is -0.481 e. The SMILES string of the molecule is O=C(O)CC1(NC(=O)c2[nH]c3ccc(F)cc3c2Cl)CCC1. The molecule has 3 rings (SSSR count). The topological polar surface area (TPSA) is 82.2 Å². The molecule has 0 spiro atoms. The number of aromatic amines is 1. The Balaban J connectivity index is 1.89. The fraction of sp³-hybridized carbons (Fsp3) is 0.333. The lowest BCUT2D eigenvalue weighted by atomic mass is 9.74. The van der Waals surface area contributed by atoms with Crippen LogP contribution in [0.15, 0.2) is 18.2 Å². The van der Waals surface area contributed by atoms with Crippen LogP contribution < -0.4 is 5.32 Å². The van der Waals surface area contributed by atoms with Gasteiger partial charge in [-0.3, -0.25) is 9.59 Å². The van der Waals surface area contributed by atoms with Gasteiger partial charge in [0, 0.05) is 10.9 Å². The molecule has 0 bridgehead atoms. The summed E-state index contributed by atoms with van der Waals surface area (Å²) in [5.41, 5.74) is -0.0363. The Bertz CT molecular complexity index is 767. The Morgan fingerprint density at radius 1 is 1.41 bits per heavy atom. The lowest BCUT2D eigenvalue weighted by Gasteiger charge is -2.41. The monoisotopic (exact) mass is 324 g/mol. The number of hydrogen-bond donors (Lipinski definition) is 3. The first kappa shape index (κ1) is 14.8. The molecular formula is C15H14ClFN2O3. The van der Waals surface area contributed by atoms with Gasteiger partial charge in [0.15, 0.2) is 0 Å². The summed E-state index contributed by atoms with van der Waals surface area (Å²) >= 11 is 6.14. The van der Waals surface area contributed by atoms with Crippen LogP contribution >= 0.6 is 11.6 Å². The summed E-state index contributed by atoms with van der Waals surface area (Å²) in [5, 5.41) is 12.3. The molecule has 5 nitrogen and oxygen atoms in total. The van der Waals surface area contributed by atoms with Crippen LogP contribution in [-0.4, -0.2) is 27.5 Å². The Morgan fingerprint density at radius 3 is 2.73 bits per heavy atom. The van der Waals surface area contributed by atoms with E-state index in [1.54, 1.807) is 0 Å². The number of fused-ring (bicyclic) bond motifs is 1. The van der Waals surface area contributed by atoms with Crippen molar-refractivity contribution >= 4 is 34.4 Å². The van der Waals surface area contributed by atoms with Crippen LogP contribution in [0.4, 0.5) is 4.39 Å². The molecule has 0 unspecified atom stereocenters. The molecule has 1 aromatic heterocycles. The van der Waals surface area contributed by atoms with Gasteiger partial charge in [-0.25, -0.2) is 4.39 Å². The van der Waals surface area contributed by atoms with Crippen molar-refractivity contribution in [2.24, 2.45) is 0 Å². The van der Waals surface area contributed by atoms with Gasteiger partial charge < -0.3 is 15.4 Å². The van der Waals surface area contributed by atoms with E-state index in [-0.39, 0.29) is 17.1 Å². The van der Waals surface area contributed by atoms with E-state index in [0.717, 1.165) is 6.42 Å². The fourth-order valence-electron chi connectivity index (χ4n) is 2.83. The maximum absolute atomic E-state index is 13.3. The second-order valence-corrected chi connectivity index (χ2v) is 6.04. The van der Waals surface area contributed by atoms with Crippen molar-refractivity contribution < 1.29 is 19.1 Å². The predicted octanol–water partition coefficient (Wildman–Crippen LogP) is 3.09. The Kier molecular flexibility index (Phi) is 3.56. The average molecular weight is 325 g/mol. The van der Waals surface area contributed by atoms with E-state index in [9.17, 15) is 14.0 Å². The highest BCUT2D eigenvalue weighted by Crippen LogP contribution is 2.36. The standard InChI is InChI=1S/C15H14ClFN2O3/c16-12-9-6-8(17)2-3-10(9)18-13(12)14(22)19-15(4-1-5-15)7-11(20)21/h2-3,6,18H,1,4-5,7H2,(H,19,22)(H,20,21). The summed E-state index contributed by atoms with van der Waals surface area (Å²) in [6.45, 7) is 0. The third kappa shape index (κ3) is 2.54. The van der Waals surface area contributed by atoms with Gasteiger partial charge in [-0.05, 0) is 37.5 Å². The third-order valence-electron chi connectivity index (χ3n) is 4.10. The summed E-state index contributed by atoms with van der Waals surface area (Å²) in [7, 11) is 0. The highest BCUT2D eigenvalue weighted by atomic mass is 35.5. The quantitative estimate of drug-likeness (QED) is 0.808. The number of carboxylic acids is 1. The van der Waals surface area contributed by atoms with Crippen LogP contribution in [0.25, 0.3) is 10.9 Å². The number of halogens is 2. The molecule has 0 radical (unpaired) electrons. The van der Waals surface area contributed by atoms with Crippen molar-refractivity contribution in [2.75, 3.05) is 0 Å². The molecule has 1 saturated carbocycles. The van der Waals surface area contributed by atoms with E-state index in [0.29, 0.717) is 23.7 Å². The molecule has 116 valence electrons. The number of hydrogen-bond acceptors (Lipinski definition) is 2. The number of carbonyl (C=O) groups is 2. The first-order chi connectivity index (χ1) is 10.4. The summed E-state index contributed by atoms with van der Waals surface area (Å²) in [4.78, 5) is 26.2. The van der Waals surface area contributed by atoms with Crippen molar-refractivity contribution in [3.63, 3.8) is 0 Å². The van der Waals surface area contributed by atoms with Crippen molar-refractivity contribution in [1.29, 1.82) is 0 Å². The Labute approximate surface area is 130 Å². The third-order valence-corrected chi connectivity index (χ3v) is 4.50. The van der Waals surface area contributed by atoms with Crippen LogP contribution in [0.3, 0.4) is 0 Å². The number of nitrogens with one attached hydrogen (secondary N) is 2. The normalized spacial score (nSPS) is 16.3. The molecule has 2 aromatic rings. The van der Waals surface area contributed by atoms with Crippen molar-refractivity contribution in [3.8, 4) is 0 Å². The Morgan fingerprint density at radius 2 is 2.14 bits per heavy atom. The van der Waals surface area contributed by atoms with Gasteiger partial charge in [0.2, 0.25) is 0 Å². The molecule has 1 heterocycles. The molecule has 1 aromatic carbocycles. The van der Waals surface area contributed by atoms with Gasteiger partial charge in [-0.15, -0.1) is 0 Å². The molecular weight excluding hydrogens is 311 g/mol. The minimum absolute atomic E-state index is 0.120. The van der Waals surface area contributed by atoms with E-state index >= 15 is 0 Å². The van der Waals surface area contributed by atoms with E-state index < -0.39 is 23.2 Å². The fourth-order valence-corrected chi connectivity index (χ4v) is 3.12. The maximum atomic E-state index is 13.3. The molecule has 3 N–H and O–H groups in total. The van der Waals surface area contributed by atoms with Gasteiger partial charge >= 0.3 is 5.97 Å². The molecule has 1 fully saturated rings. The van der Waals surface area contributed by atoms with Gasteiger partial charge in [0.05, 0.1) is 17.0 Å². The second kappa shape index (κ2) is 5.28. The van der Waals surface area contributed by atoms with E-state index in [2.05, 4.69) is 10.3 Å². The highest BCUT2D eigenvalue weighted by molar-refractivity contribution is 6.38. The average Bonchev–Trinajstić information content (AvgIpc) is 2.73. The maximum Gasteiger partial charge on any atom is 0.305 e. The van der Waals surface area contributed by atoms with Crippen molar-refractivity contribution in [3.05, 3.63) is 34.7 Å². The molecule has 22 heavy (non-hydrogen) atoms. The van der Waals surface area contributed by atoms with Crippen LogP contribution in [0.1, 0.15) is 36.2 Å². The molecule has 0 atom stereocenters. The van der Waals surface area contributed by atoms with Gasteiger partial charge in [-0.2, -0.15) is 0 Å². The zero-order valence-corrected chi connectivity index (χ0v) is 12.3. The summed E-state index contributed by atoms with van der Waals surface area (Å²) < 4.78 is 13.3. The zero-order valence-electron chi connectivity index (χ0n) is 11.6. The van der Waals surface area contributed by atoms with Crippen LogP contribution in [0.5, 0.6) is 0 Å². The number of benzene rings is 1. The van der Waals surface area contributed by atoms with E-state index in [4.69, 9.17) is 16.7 Å². The van der Waals surface area contributed by atoms with Gasteiger partial charge in [0.1, 0.15) is 11.5 Å². The minimum atomic E-state index is -0.954.